The van der Waals surface area contributed by atoms with Gasteiger partial charge in [-0.1, -0.05) is 110 Å². The van der Waals surface area contributed by atoms with Gasteiger partial charge in [0.1, 0.15) is 5.75 Å². The molecule has 1 aliphatic heterocycles. The number of unbranched alkanes of at least 4 members (excludes halogenated alkanes) is 5. The first-order valence-corrected chi connectivity index (χ1v) is 18.0. The summed E-state index contributed by atoms with van der Waals surface area (Å²) in [5, 5.41) is 7.97. The lowest BCUT2D eigenvalue weighted by Gasteiger charge is -2.13. The molecular formula is C46H46N2O4. The highest BCUT2D eigenvalue weighted by Gasteiger charge is 2.22. The molecule has 52 heavy (non-hydrogen) atoms. The quantitative estimate of drug-likeness (QED) is 0.0266. The molecule has 6 heteroatoms. The number of imide groups is 1. The van der Waals surface area contributed by atoms with E-state index in [0.29, 0.717) is 26.2 Å². The van der Waals surface area contributed by atoms with Gasteiger partial charge >= 0.3 is 0 Å². The summed E-state index contributed by atoms with van der Waals surface area (Å²) in [6.07, 6.45) is 17.5. The number of nitrogens with one attached hydrogen (secondary N) is 1. The number of amides is 2. The van der Waals surface area contributed by atoms with E-state index in [9.17, 15) is 9.59 Å². The van der Waals surface area contributed by atoms with Crippen molar-refractivity contribution in [1.82, 2.24) is 4.90 Å². The third-order valence-corrected chi connectivity index (χ3v) is 8.81. The molecule has 6 nitrogen and oxygen atoms in total. The standard InChI is InChI=1S/C46H46N2O4/c1-2-31-51-32-7-5-3-4-6-8-33-52-44-25-17-37(18-26-44)13-23-42-24-16-39(34-43(42)35-47)10-9-36-11-19-40(20-12-36)41-21-14-38(15-22-41)29-30-48-45(49)27-28-46(48)50/h2,9-12,14-22,24-28,34-35,47H,1,3-8,29-33H2/b10-9+,47-35?. The average Bonchev–Trinajstić information content (AvgIpc) is 3.51. The number of benzene rings is 4. The Morgan fingerprint density at radius 2 is 1.31 bits per heavy atom. The zero-order valence-electron chi connectivity index (χ0n) is 29.7. The molecule has 0 aromatic heterocycles. The zero-order chi connectivity index (χ0) is 36.4. The summed E-state index contributed by atoms with van der Waals surface area (Å²) in [7, 11) is 0. The number of nitrogens with zero attached hydrogens (tertiary/aromatic N) is 1. The second kappa shape index (κ2) is 20.2. The van der Waals surface area contributed by atoms with Gasteiger partial charge in [0.15, 0.2) is 0 Å². The van der Waals surface area contributed by atoms with Crippen LogP contribution in [0.1, 0.15) is 71.9 Å². The van der Waals surface area contributed by atoms with Crippen LogP contribution in [0.3, 0.4) is 0 Å². The molecule has 1 N–H and O–H groups in total. The van der Waals surface area contributed by atoms with E-state index in [2.05, 4.69) is 60.9 Å². The number of carbonyl (C=O) groups excluding carboxylic acids is 2. The minimum absolute atomic E-state index is 0.248. The number of hydrogen-bond acceptors (Lipinski definition) is 5. The van der Waals surface area contributed by atoms with Gasteiger partial charge in [0, 0.05) is 48.2 Å². The van der Waals surface area contributed by atoms with Crippen molar-refractivity contribution in [3.8, 4) is 28.7 Å². The van der Waals surface area contributed by atoms with Crippen molar-refractivity contribution in [3.63, 3.8) is 0 Å². The van der Waals surface area contributed by atoms with E-state index in [1.54, 1.807) is 6.08 Å². The maximum atomic E-state index is 11.8. The van der Waals surface area contributed by atoms with E-state index in [0.717, 1.165) is 69.7 Å². The summed E-state index contributed by atoms with van der Waals surface area (Å²) >= 11 is 0. The largest absolute Gasteiger partial charge is 0.494 e. The molecule has 0 fully saturated rings. The van der Waals surface area contributed by atoms with E-state index in [-0.39, 0.29) is 11.8 Å². The Kier molecular flexibility index (Phi) is 14.5. The minimum atomic E-state index is -0.248. The monoisotopic (exact) mass is 690 g/mol. The minimum Gasteiger partial charge on any atom is -0.494 e. The highest BCUT2D eigenvalue weighted by molar-refractivity contribution is 6.12. The second-order valence-electron chi connectivity index (χ2n) is 12.7. The Morgan fingerprint density at radius 1 is 0.692 bits per heavy atom. The lowest BCUT2D eigenvalue weighted by Crippen LogP contribution is -2.31. The zero-order valence-corrected chi connectivity index (χ0v) is 29.7. The highest BCUT2D eigenvalue weighted by atomic mass is 16.5. The summed E-state index contributed by atoms with van der Waals surface area (Å²) in [6.45, 7) is 6.21. The Hall–Kier alpha value is -5.77. The molecule has 0 saturated carbocycles. The molecule has 4 aromatic carbocycles. The lowest BCUT2D eigenvalue weighted by molar-refractivity contribution is -0.136. The molecule has 5 rings (SSSR count). The fourth-order valence-corrected chi connectivity index (χ4v) is 5.80. The van der Waals surface area contributed by atoms with Gasteiger partial charge in [-0.25, -0.2) is 0 Å². The van der Waals surface area contributed by atoms with E-state index in [4.69, 9.17) is 14.9 Å². The SMILES string of the molecule is C=CCOCCCCCCCCOc1ccc(C#Cc2ccc(/C=C/c3ccc(-c4ccc(CCN5C(=O)C=CC5=O)cc4)cc3)cc2C=N)cc1. The van der Waals surface area contributed by atoms with Crippen LogP contribution in [0, 0.1) is 17.3 Å². The molecule has 0 spiro atoms. The van der Waals surface area contributed by atoms with E-state index >= 15 is 0 Å². The van der Waals surface area contributed by atoms with E-state index in [1.807, 2.05) is 60.7 Å². The number of rotatable bonds is 19. The molecule has 2 amide bonds. The summed E-state index contributed by atoms with van der Waals surface area (Å²) in [6, 6.07) is 30.4. The third-order valence-electron chi connectivity index (χ3n) is 8.81. The molecular weight excluding hydrogens is 645 g/mol. The summed E-state index contributed by atoms with van der Waals surface area (Å²) in [5.41, 5.74) is 7.81. The Balaban J connectivity index is 1.06. The Bertz CT molecular complexity index is 1910. The summed E-state index contributed by atoms with van der Waals surface area (Å²) in [5.74, 6) is 6.81. The summed E-state index contributed by atoms with van der Waals surface area (Å²) < 4.78 is 11.3. The molecule has 0 aliphatic carbocycles. The third kappa shape index (κ3) is 11.7. The van der Waals surface area contributed by atoms with E-state index in [1.165, 1.54) is 48.9 Å². The molecule has 0 unspecified atom stereocenters. The van der Waals surface area contributed by atoms with Gasteiger partial charge < -0.3 is 14.9 Å². The molecule has 1 heterocycles. The number of hydrogen-bond donors (Lipinski definition) is 1. The van der Waals surface area contributed by atoms with Crippen molar-refractivity contribution in [1.29, 1.82) is 5.41 Å². The number of ether oxygens (including phenoxy) is 2. The van der Waals surface area contributed by atoms with E-state index < -0.39 is 0 Å². The fraction of sp³-hybridized carbons (Fsp3) is 0.239. The van der Waals surface area contributed by atoms with Crippen LogP contribution >= 0.6 is 0 Å². The van der Waals surface area contributed by atoms with Crippen molar-refractivity contribution in [2.24, 2.45) is 0 Å². The van der Waals surface area contributed by atoms with Gasteiger partial charge in [-0.05, 0) is 83.5 Å². The van der Waals surface area contributed by atoms with Gasteiger partial charge in [0.2, 0.25) is 0 Å². The Labute approximate surface area is 308 Å². The number of carbonyl (C=O) groups is 2. The first-order chi connectivity index (χ1) is 25.5. The molecule has 0 radical (unpaired) electrons. The smallest absolute Gasteiger partial charge is 0.253 e. The first kappa shape index (κ1) is 37.5. The van der Waals surface area contributed by atoms with Crippen molar-refractivity contribution < 1.29 is 19.1 Å². The lowest BCUT2D eigenvalue weighted by atomic mass is 10.0. The van der Waals surface area contributed by atoms with Crippen LogP contribution in [-0.4, -0.2) is 49.3 Å². The normalized spacial score (nSPS) is 12.3. The van der Waals surface area contributed by atoms with Gasteiger partial charge in [0.05, 0.1) is 13.2 Å². The molecule has 264 valence electrons. The second-order valence-corrected chi connectivity index (χ2v) is 12.7. The van der Waals surface area contributed by atoms with Crippen molar-refractivity contribution in [2.75, 3.05) is 26.4 Å². The summed E-state index contributed by atoms with van der Waals surface area (Å²) in [4.78, 5) is 24.8. The van der Waals surface area contributed by atoms with Crippen LogP contribution in [0.5, 0.6) is 5.75 Å². The van der Waals surface area contributed by atoms with Crippen molar-refractivity contribution in [3.05, 3.63) is 149 Å². The van der Waals surface area contributed by atoms with Crippen LogP contribution in [0.4, 0.5) is 0 Å². The first-order valence-electron chi connectivity index (χ1n) is 18.0. The van der Waals surface area contributed by atoms with Crippen LogP contribution < -0.4 is 4.74 Å². The van der Waals surface area contributed by atoms with Crippen LogP contribution in [0.25, 0.3) is 23.3 Å². The fourth-order valence-electron chi connectivity index (χ4n) is 5.80. The molecule has 1 aliphatic rings. The van der Waals surface area contributed by atoms with Crippen LogP contribution in [0.2, 0.25) is 0 Å². The maximum absolute atomic E-state index is 11.8. The van der Waals surface area contributed by atoms with Crippen LogP contribution in [-0.2, 0) is 20.7 Å². The maximum Gasteiger partial charge on any atom is 0.253 e. The van der Waals surface area contributed by atoms with Gasteiger partial charge in [-0.3, -0.25) is 14.5 Å². The van der Waals surface area contributed by atoms with Gasteiger partial charge in [-0.15, -0.1) is 6.58 Å². The predicted octanol–water partition coefficient (Wildman–Crippen LogP) is 9.31. The average molecular weight is 691 g/mol. The molecule has 0 bridgehead atoms. The van der Waals surface area contributed by atoms with Gasteiger partial charge in [-0.2, -0.15) is 0 Å². The van der Waals surface area contributed by atoms with Crippen molar-refractivity contribution in [2.45, 2.75) is 44.9 Å². The van der Waals surface area contributed by atoms with Crippen molar-refractivity contribution >= 4 is 30.2 Å². The van der Waals surface area contributed by atoms with Crippen LogP contribution in [0.15, 0.2) is 116 Å². The van der Waals surface area contributed by atoms with Gasteiger partial charge in [0.25, 0.3) is 11.8 Å². The molecule has 4 aromatic rings. The Morgan fingerprint density at radius 3 is 1.98 bits per heavy atom. The predicted molar refractivity (Wildman–Crippen MR) is 211 cm³/mol. The molecule has 0 saturated heterocycles. The molecule has 0 atom stereocenters. The topological polar surface area (TPSA) is 79.7 Å². The highest BCUT2D eigenvalue weighted by Crippen LogP contribution is 2.22.